The number of anilines is 1. The van der Waals surface area contributed by atoms with E-state index in [1.54, 1.807) is 12.3 Å². The molecule has 0 aromatic carbocycles. The first-order valence-electron chi connectivity index (χ1n) is 5.28. The predicted octanol–water partition coefficient (Wildman–Crippen LogP) is 1.83. The average molecular weight is 242 g/mol. The molecule has 0 aliphatic carbocycles. The molecule has 1 aromatic rings. The summed E-state index contributed by atoms with van der Waals surface area (Å²) in [6.07, 6.45) is 3.69. The summed E-state index contributed by atoms with van der Waals surface area (Å²) in [5.74, 6) is -0.343. The summed E-state index contributed by atoms with van der Waals surface area (Å²) in [5.41, 5.74) is 6.09. The van der Waals surface area contributed by atoms with Crippen molar-refractivity contribution >= 4 is 23.2 Å². The lowest BCUT2D eigenvalue weighted by Gasteiger charge is -2.22. The summed E-state index contributed by atoms with van der Waals surface area (Å²) in [7, 11) is 0. The Morgan fingerprint density at radius 1 is 1.62 bits per heavy atom. The number of pyridine rings is 1. The molecular formula is C11H16ClN3O. The topological polar surface area (TPSA) is 59.2 Å². The lowest BCUT2D eigenvalue weighted by Crippen LogP contribution is -2.34. The molecule has 1 aromatic heterocycles. The number of carbonyl (C=O) groups excluding carboxylic acids is 1. The van der Waals surface area contributed by atoms with Gasteiger partial charge in [-0.3, -0.25) is 4.79 Å². The van der Waals surface area contributed by atoms with Crippen LogP contribution in [0.15, 0.2) is 18.3 Å². The second-order valence-corrected chi connectivity index (χ2v) is 3.97. The molecular weight excluding hydrogens is 226 g/mol. The number of primary amides is 1. The zero-order chi connectivity index (χ0) is 12.0. The normalized spacial score (nSPS) is 10.1. The van der Waals surface area contributed by atoms with Gasteiger partial charge in [-0.05, 0) is 18.6 Å². The molecule has 1 heterocycles. The summed E-state index contributed by atoms with van der Waals surface area (Å²) in [5, 5.41) is 0.420. The van der Waals surface area contributed by atoms with Gasteiger partial charge in [0.1, 0.15) is 5.15 Å². The van der Waals surface area contributed by atoms with E-state index in [9.17, 15) is 4.79 Å². The molecule has 0 unspecified atom stereocenters. The van der Waals surface area contributed by atoms with Crippen LogP contribution in [0.3, 0.4) is 0 Å². The smallest absolute Gasteiger partial charge is 0.236 e. The Kier molecular flexibility index (Phi) is 5.05. The van der Waals surface area contributed by atoms with Crippen LogP contribution in [0.5, 0.6) is 0 Å². The Labute approximate surface area is 100 Å². The van der Waals surface area contributed by atoms with Crippen molar-refractivity contribution in [3.05, 3.63) is 23.5 Å². The van der Waals surface area contributed by atoms with Crippen molar-refractivity contribution in [1.29, 1.82) is 0 Å². The van der Waals surface area contributed by atoms with E-state index in [-0.39, 0.29) is 12.5 Å². The minimum absolute atomic E-state index is 0.209. The number of rotatable bonds is 6. The lowest BCUT2D eigenvalue weighted by molar-refractivity contribution is -0.116. The number of hydrogen-bond acceptors (Lipinski definition) is 3. The molecule has 16 heavy (non-hydrogen) atoms. The highest BCUT2D eigenvalue weighted by molar-refractivity contribution is 6.29. The third-order valence-corrected chi connectivity index (χ3v) is 2.41. The van der Waals surface area contributed by atoms with E-state index in [0.29, 0.717) is 5.15 Å². The molecule has 1 amide bonds. The average Bonchev–Trinajstić information content (AvgIpc) is 2.23. The van der Waals surface area contributed by atoms with E-state index in [1.807, 2.05) is 11.0 Å². The molecule has 5 heteroatoms. The summed E-state index contributed by atoms with van der Waals surface area (Å²) in [4.78, 5) is 16.8. The number of unbranched alkanes of at least 4 members (excludes halogenated alkanes) is 1. The standard InChI is InChI=1S/C11H16ClN3O/c1-2-3-6-15(8-11(13)16)9-4-5-14-10(12)7-9/h4-5,7H,2-3,6,8H2,1H3,(H2,13,16). The van der Waals surface area contributed by atoms with Crippen LogP contribution < -0.4 is 10.6 Å². The van der Waals surface area contributed by atoms with Gasteiger partial charge in [-0.15, -0.1) is 0 Å². The van der Waals surface area contributed by atoms with Crippen LogP contribution in [0, 0.1) is 0 Å². The molecule has 0 atom stereocenters. The Bertz CT molecular complexity index is 357. The van der Waals surface area contributed by atoms with Gasteiger partial charge in [0.05, 0.1) is 6.54 Å². The van der Waals surface area contributed by atoms with Gasteiger partial charge in [-0.1, -0.05) is 24.9 Å². The minimum Gasteiger partial charge on any atom is -0.368 e. The number of hydrogen-bond donors (Lipinski definition) is 1. The van der Waals surface area contributed by atoms with Crippen LogP contribution in [0.2, 0.25) is 5.15 Å². The van der Waals surface area contributed by atoms with E-state index in [4.69, 9.17) is 17.3 Å². The number of aromatic nitrogens is 1. The molecule has 1 rings (SSSR count). The summed E-state index contributed by atoms with van der Waals surface area (Å²) >= 11 is 5.81. The van der Waals surface area contributed by atoms with E-state index in [0.717, 1.165) is 25.1 Å². The lowest BCUT2D eigenvalue weighted by atomic mass is 10.2. The zero-order valence-corrected chi connectivity index (χ0v) is 10.1. The zero-order valence-electron chi connectivity index (χ0n) is 9.32. The second-order valence-electron chi connectivity index (χ2n) is 3.58. The largest absolute Gasteiger partial charge is 0.368 e. The van der Waals surface area contributed by atoms with Gasteiger partial charge in [0.2, 0.25) is 5.91 Å². The Morgan fingerprint density at radius 2 is 2.38 bits per heavy atom. The minimum atomic E-state index is -0.343. The fourth-order valence-electron chi connectivity index (χ4n) is 1.43. The van der Waals surface area contributed by atoms with E-state index < -0.39 is 0 Å². The van der Waals surface area contributed by atoms with Gasteiger partial charge in [-0.2, -0.15) is 0 Å². The number of carbonyl (C=O) groups is 1. The van der Waals surface area contributed by atoms with Gasteiger partial charge in [0.15, 0.2) is 0 Å². The summed E-state index contributed by atoms with van der Waals surface area (Å²) < 4.78 is 0. The van der Waals surface area contributed by atoms with Gasteiger partial charge in [-0.25, -0.2) is 4.98 Å². The number of nitrogens with zero attached hydrogens (tertiary/aromatic N) is 2. The Hall–Kier alpha value is -1.29. The van der Waals surface area contributed by atoms with Crippen molar-refractivity contribution in [1.82, 2.24) is 4.98 Å². The van der Waals surface area contributed by atoms with Gasteiger partial charge < -0.3 is 10.6 Å². The number of halogens is 1. The molecule has 0 saturated heterocycles. The van der Waals surface area contributed by atoms with Crippen LogP contribution in [-0.4, -0.2) is 24.0 Å². The van der Waals surface area contributed by atoms with Gasteiger partial charge >= 0.3 is 0 Å². The quantitative estimate of drug-likeness (QED) is 0.773. The highest BCUT2D eigenvalue weighted by Crippen LogP contribution is 2.17. The molecule has 0 aliphatic heterocycles. The van der Waals surface area contributed by atoms with Crippen LogP contribution in [0.4, 0.5) is 5.69 Å². The first-order valence-corrected chi connectivity index (χ1v) is 5.66. The molecule has 0 bridgehead atoms. The van der Waals surface area contributed by atoms with Crippen LogP contribution in [0.1, 0.15) is 19.8 Å². The maximum absolute atomic E-state index is 11.0. The van der Waals surface area contributed by atoms with E-state index >= 15 is 0 Å². The Balaban J connectivity index is 2.78. The van der Waals surface area contributed by atoms with E-state index in [1.165, 1.54) is 0 Å². The third kappa shape index (κ3) is 4.06. The molecule has 0 spiro atoms. The van der Waals surface area contributed by atoms with Crippen LogP contribution in [-0.2, 0) is 4.79 Å². The number of nitrogens with two attached hydrogens (primary N) is 1. The van der Waals surface area contributed by atoms with Crippen molar-refractivity contribution < 1.29 is 4.79 Å². The van der Waals surface area contributed by atoms with Crippen molar-refractivity contribution in [2.45, 2.75) is 19.8 Å². The summed E-state index contributed by atoms with van der Waals surface area (Å²) in [6, 6.07) is 3.56. The summed E-state index contributed by atoms with van der Waals surface area (Å²) in [6.45, 7) is 3.10. The molecule has 0 fully saturated rings. The first kappa shape index (κ1) is 12.8. The molecule has 4 nitrogen and oxygen atoms in total. The van der Waals surface area contributed by atoms with Crippen LogP contribution in [0.25, 0.3) is 0 Å². The van der Waals surface area contributed by atoms with Crippen molar-refractivity contribution in [3.8, 4) is 0 Å². The van der Waals surface area contributed by atoms with Crippen molar-refractivity contribution in [2.24, 2.45) is 5.73 Å². The maximum Gasteiger partial charge on any atom is 0.236 e. The third-order valence-electron chi connectivity index (χ3n) is 2.20. The molecule has 88 valence electrons. The predicted molar refractivity (Wildman–Crippen MR) is 65.6 cm³/mol. The monoisotopic (exact) mass is 241 g/mol. The maximum atomic E-state index is 11.0. The van der Waals surface area contributed by atoms with Gasteiger partial charge in [0, 0.05) is 18.4 Å². The fourth-order valence-corrected chi connectivity index (χ4v) is 1.59. The SMILES string of the molecule is CCCCN(CC(N)=O)c1ccnc(Cl)c1. The highest BCUT2D eigenvalue weighted by Gasteiger charge is 2.09. The Morgan fingerprint density at radius 3 is 2.94 bits per heavy atom. The molecule has 0 radical (unpaired) electrons. The molecule has 0 aliphatic rings. The van der Waals surface area contributed by atoms with Gasteiger partial charge in [0.25, 0.3) is 0 Å². The van der Waals surface area contributed by atoms with Crippen LogP contribution >= 0.6 is 11.6 Å². The number of amides is 1. The van der Waals surface area contributed by atoms with Crippen molar-refractivity contribution in [2.75, 3.05) is 18.0 Å². The van der Waals surface area contributed by atoms with Crippen molar-refractivity contribution in [3.63, 3.8) is 0 Å². The first-order chi connectivity index (χ1) is 7.63. The molecule has 2 N–H and O–H groups in total. The highest BCUT2D eigenvalue weighted by atomic mass is 35.5. The molecule has 0 saturated carbocycles. The van der Waals surface area contributed by atoms with E-state index in [2.05, 4.69) is 11.9 Å². The fraction of sp³-hybridized carbons (Fsp3) is 0.455. The second kappa shape index (κ2) is 6.33.